The van der Waals surface area contributed by atoms with Crippen LogP contribution in [0.15, 0.2) is 40.3 Å². The third-order valence-electron chi connectivity index (χ3n) is 6.91. The number of fused-ring (bicyclic) bond motifs is 3. The van der Waals surface area contributed by atoms with E-state index < -0.39 is 10.8 Å². The van der Waals surface area contributed by atoms with Crippen molar-refractivity contribution in [1.29, 1.82) is 5.26 Å². The SMILES string of the molecule is CC(Sc1nc2sc3c(c2c(=O)n1-c1ccccc1)CCCC3)C(=O)NC1(C#N)CCCCC1. The molecule has 1 amide bonds. The lowest BCUT2D eigenvalue weighted by atomic mass is 9.83. The summed E-state index contributed by atoms with van der Waals surface area (Å²) in [5.74, 6) is -0.187. The minimum atomic E-state index is -0.784. The minimum absolute atomic E-state index is 0.0634. The van der Waals surface area contributed by atoms with Gasteiger partial charge in [0.1, 0.15) is 10.4 Å². The predicted octanol–water partition coefficient (Wildman–Crippen LogP) is 5.15. The quantitative estimate of drug-likeness (QED) is 0.393. The zero-order valence-corrected chi connectivity index (χ0v) is 20.9. The molecule has 2 aromatic heterocycles. The van der Waals surface area contributed by atoms with Crippen molar-refractivity contribution in [3.8, 4) is 11.8 Å². The summed E-state index contributed by atoms with van der Waals surface area (Å²) in [5.41, 5.74) is 1.05. The van der Waals surface area contributed by atoms with Crippen molar-refractivity contribution in [3.05, 3.63) is 51.1 Å². The van der Waals surface area contributed by atoms with Crippen LogP contribution in [-0.2, 0) is 17.6 Å². The fourth-order valence-electron chi connectivity index (χ4n) is 5.04. The summed E-state index contributed by atoms with van der Waals surface area (Å²) in [7, 11) is 0. The smallest absolute Gasteiger partial charge is 0.267 e. The number of aromatic nitrogens is 2. The van der Waals surface area contributed by atoms with Gasteiger partial charge in [0.15, 0.2) is 5.16 Å². The fraction of sp³-hybridized carbons (Fsp3) is 0.462. The van der Waals surface area contributed by atoms with E-state index in [4.69, 9.17) is 4.98 Å². The van der Waals surface area contributed by atoms with E-state index in [2.05, 4.69) is 11.4 Å². The van der Waals surface area contributed by atoms with Gasteiger partial charge < -0.3 is 5.32 Å². The van der Waals surface area contributed by atoms with Crippen LogP contribution in [-0.4, -0.2) is 26.2 Å². The van der Waals surface area contributed by atoms with Crippen LogP contribution >= 0.6 is 23.1 Å². The van der Waals surface area contributed by atoms with Crippen LogP contribution in [0, 0.1) is 11.3 Å². The molecule has 0 radical (unpaired) electrons. The Bertz CT molecular complexity index is 1320. The van der Waals surface area contributed by atoms with E-state index in [-0.39, 0.29) is 11.5 Å². The molecule has 3 aromatic rings. The van der Waals surface area contributed by atoms with Crippen molar-refractivity contribution >= 4 is 39.2 Å². The fourth-order valence-corrected chi connectivity index (χ4v) is 7.27. The molecule has 1 atom stereocenters. The van der Waals surface area contributed by atoms with Crippen molar-refractivity contribution in [2.24, 2.45) is 0 Å². The average Bonchev–Trinajstić information content (AvgIpc) is 3.24. The third-order valence-corrected chi connectivity index (χ3v) is 9.15. The van der Waals surface area contributed by atoms with Crippen LogP contribution in [0.2, 0.25) is 0 Å². The van der Waals surface area contributed by atoms with Gasteiger partial charge in [0, 0.05) is 4.88 Å². The first-order chi connectivity index (χ1) is 16.5. The van der Waals surface area contributed by atoms with Crippen molar-refractivity contribution < 1.29 is 4.79 Å². The Morgan fingerprint density at radius 2 is 1.91 bits per heavy atom. The number of nitriles is 1. The highest BCUT2D eigenvalue weighted by Gasteiger charge is 2.35. The first kappa shape index (κ1) is 23.1. The molecule has 176 valence electrons. The number of hydrogen-bond donors (Lipinski definition) is 1. The summed E-state index contributed by atoms with van der Waals surface area (Å²) in [6.07, 6.45) is 8.53. The van der Waals surface area contributed by atoms with Crippen LogP contribution in [0.25, 0.3) is 15.9 Å². The average molecular weight is 493 g/mol. The van der Waals surface area contributed by atoms with Crippen molar-refractivity contribution in [3.63, 3.8) is 0 Å². The molecule has 0 aliphatic heterocycles. The number of hydrogen-bond acceptors (Lipinski definition) is 6. The maximum atomic E-state index is 13.8. The lowest BCUT2D eigenvalue weighted by Gasteiger charge is -2.32. The molecule has 34 heavy (non-hydrogen) atoms. The molecule has 2 heterocycles. The summed E-state index contributed by atoms with van der Waals surface area (Å²) in [6, 6.07) is 11.9. The molecule has 1 fully saturated rings. The summed E-state index contributed by atoms with van der Waals surface area (Å²) >= 11 is 2.90. The molecule has 2 aliphatic rings. The van der Waals surface area contributed by atoms with Gasteiger partial charge in [-0.2, -0.15) is 5.26 Å². The highest BCUT2D eigenvalue weighted by molar-refractivity contribution is 8.00. The summed E-state index contributed by atoms with van der Waals surface area (Å²) in [4.78, 5) is 33.9. The molecule has 0 saturated heterocycles. The number of carbonyl (C=O) groups is 1. The largest absolute Gasteiger partial charge is 0.337 e. The number of thioether (sulfide) groups is 1. The standard InChI is InChI=1S/C26H28N4O2S2/c1-17(22(31)29-26(16-27)14-8-3-9-15-26)33-25-28-23-21(19-12-6-7-13-20(19)34-23)24(32)30(25)18-10-4-2-5-11-18/h2,4-5,10-11,17H,3,6-9,12-15H2,1H3,(H,29,31). The third kappa shape index (κ3) is 4.27. The predicted molar refractivity (Wildman–Crippen MR) is 137 cm³/mol. The zero-order chi connectivity index (χ0) is 23.7. The molecule has 1 aromatic carbocycles. The number of rotatable bonds is 5. The summed E-state index contributed by atoms with van der Waals surface area (Å²) in [5, 5.41) is 13.5. The molecule has 1 unspecified atom stereocenters. The van der Waals surface area contributed by atoms with Crippen molar-refractivity contribution in [1.82, 2.24) is 14.9 Å². The van der Waals surface area contributed by atoms with Crippen LogP contribution in [0.3, 0.4) is 0 Å². The summed E-state index contributed by atoms with van der Waals surface area (Å²) < 4.78 is 1.65. The number of aryl methyl sites for hydroxylation is 2. The van der Waals surface area contributed by atoms with Crippen LogP contribution in [0.5, 0.6) is 0 Å². The Morgan fingerprint density at radius 3 is 2.65 bits per heavy atom. The van der Waals surface area contributed by atoms with Gasteiger partial charge in [0.05, 0.1) is 22.4 Å². The van der Waals surface area contributed by atoms with Gasteiger partial charge in [0.25, 0.3) is 5.56 Å². The number of amides is 1. The number of thiophene rings is 1. The number of nitrogens with zero attached hydrogens (tertiary/aromatic N) is 3. The minimum Gasteiger partial charge on any atom is -0.337 e. The number of para-hydroxylation sites is 1. The van der Waals surface area contributed by atoms with E-state index in [1.165, 1.54) is 16.6 Å². The Balaban J connectivity index is 1.53. The molecule has 2 aliphatic carbocycles. The van der Waals surface area contributed by atoms with Crippen LogP contribution in [0.1, 0.15) is 62.3 Å². The second-order valence-electron chi connectivity index (χ2n) is 9.27. The number of benzene rings is 1. The second kappa shape index (κ2) is 9.55. The lowest BCUT2D eigenvalue weighted by Crippen LogP contribution is -2.51. The first-order valence-corrected chi connectivity index (χ1v) is 13.7. The zero-order valence-electron chi connectivity index (χ0n) is 19.3. The van der Waals surface area contributed by atoms with E-state index in [0.717, 1.165) is 66.4 Å². The van der Waals surface area contributed by atoms with Gasteiger partial charge in [0.2, 0.25) is 5.91 Å². The lowest BCUT2D eigenvalue weighted by molar-refractivity contribution is -0.121. The molecular weight excluding hydrogens is 464 g/mol. The highest BCUT2D eigenvalue weighted by Crippen LogP contribution is 2.36. The molecular formula is C26H28N4O2S2. The molecule has 5 rings (SSSR count). The van der Waals surface area contributed by atoms with Gasteiger partial charge in [-0.3, -0.25) is 14.2 Å². The van der Waals surface area contributed by atoms with E-state index in [0.29, 0.717) is 18.0 Å². The van der Waals surface area contributed by atoms with Gasteiger partial charge in [-0.1, -0.05) is 49.2 Å². The molecule has 6 nitrogen and oxygen atoms in total. The molecule has 0 spiro atoms. The normalized spacial score (nSPS) is 18.1. The molecule has 0 bridgehead atoms. The highest BCUT2D eigenvalue weighted by atomic mass is 32.2. The molecule has 8 heteroatoms. The van der Waals surface area contributed by atoms with Gasteiger partial charge in [-0.05, 0) is 63.1 Å². The maximum Gasteiger partial charge on any atom is 0.267 e. The van der Waals surface area contributed by atoms with E-state index in [9.17, 15) is 14.9 Å². The van der Waals surface area contributed by atoms with Gasteiger partial charge in [-0.25, -0.2) is 4.98 Å². The molecule has 1 N–H and O–H groups in total. The molecule has 1 saturated carbocycles. The Labute approximate surface area is 207 Å². The topological polar surface area (TPSA) is 87.8 Å². The first-order valence-electron chi connectivity index (χ1n) is 12.0. The monoisotopic (exact) mass is 492 g/mol. The number of nitrogens with one attached hydrogen (secondary N) is 1. The van der Waals surface area contributed by atoms with Crippen molar-refractivity contribution in [2.75, 3.05) is 0 Å². The van der Waals surface area contributed by atoms with Crippen LogP contribution in [0.4, 0.5) is 0 Å². The maximum absolute atomic E-state index is 13.8. The summed E-state index contributed by atoms with van der Waals surface area (Å²) in [6.45, 7) is 1.82. The van der Waals surface area contributed by atoms with Crippen LogP contribution < -0.4 is 10.9 Å². The van der Waals surface area contributed by atoms with E-state index in [1.807, 2.05) is 37.3 Å². The number of carbonyl (C=O) groups excluding carboxylic acids is 1. The Morgan fingerprint density at radius 1 is 1.18 bits per heavy atom. The van der Waals surface area contributed by atoms with Gasteiger partial charge in [-0.15, -0.1) is 11.3 Å². The Kier molecular flexibility index (Phi) is 6.50. The Hall–Kier alpha value is -2.63. The van der Waals surface area contributed by atoms with E-state index >= 15 is 0 Å². The van der Waals surface area contributed by atoms with E-state index in [1.54, 1.807) is 15.9 Å². The van der Waals surface area contributed by atoms with Crippen molar-refractivity contribution in [2.45, 2.75) is 80.7 Å². The second-order valence-corrected chi connectivity index (χ2v) is 11.7. The van der Waals surface area contributed by atoms with Gasteiger partial charge >= 0.3 is 0 Å².